The first-order valence-corrected chi connectivity index (χ1v) is 8.31. The number of rotatable bonds is 6. The molecule has 0 atom stereocenters. The van der Waals surface area contributed by atoms with Crippen LogP contribution in [0.1, 0.15) is 30.2 Å². The van der Waals surface area contributed by atoms with Crippen LogP contribution in [0.5, 0.6) is 5.75 Å². The Hall–Kier alpha value is -2.35. The van der Waals surface area contributed by atoms with Crippen molar-refractivity contribution in [2.75, 3.05) is 6.26 Å². The summed E-state index contributed by atoms with van der Waals surface area (Å²) in [6, 6.07) is 4.12. The Morgan fingerprint density at radius 2 is 2.17 bits per heavy atom. The van der Waals surface area contributed by atoms with E-state index in [-0.39, 0.29) is 17.7 Å². The standard InChI is InChI=1S/C15H17N3O4S/c1-3-4-11-10(14(20)17-15(16-11)23-2)7-9-5-6-13(19)12(8-9)18(21)22/h5-6,8,19H,3-4,7H2,1-2H3,(H,16,17,20). The maximum atomic E-state index is 12.3. The molecule has 1 aromatic carbocycles. The van der Waals surface area contributed by atoms with E-state index in [9.17, 15) is 20.0 Å². The molecule has 8 heteroatoms. The molecule has 7 nitrogen and oxygen atoms in total. The number of aromatic nitrogens is 2. The molecular formula is C15H17N3O4S. The fourth-order valence-corrected chi connectivity index (χ4v) is 2.67. The zero-order chi connectivity index (χ0) is 17.0. The number of nitro benzene ring substituents is 1. The van der Waals surface area contributed by atoms with Gasteiger partial charge in [0.05, 0.1) is 10.6 Å². The number of aryl methyl sites for hydroxylation is 1. The summed E-state index contributed by atoms with van der Waals surface area (Å²) in [5, 5.41) is 21.0. The Morgan fingerprint density at radius 1 is 1.43 bits per heavy atom. The minimum atomic E-state index is -0.648. The van der Waals surface area contributed by atoms with E-state index in [0.717, 1.165) is 6.42 Å². The van der Waals surface area contributed by atoms with Crippen LogP contribution in [0.4, 0.5) is 5.69 Å². The minimum Gasteiger partial charge on any atom is -0.502 e. The highest BCUT2D eigenvalue weighted by Gasteiger charge is 2.16. The molecule has 1 aromatic heterocycles. The molecule has 0 bridgehead atoms. The third-order valence-electron chi connectivity index (χ3n) is 3.38. The molecule has 0 radical (unpaired) electrons. The number of benzene rings is 1. The number of nitrogens with zero attached hydrogens (tertiary/aromatic N) is 2. The van der Waals surface area contributed by atoms with Crippen LogP contribution in [-0.4, -0.2) is 26.3 Å². The van der Waals surface area contributed by atoms with Gasteiger partial charge < -0.3 is 10.1 Å². The van der Waals surface area contributed by atoms with Crippen molar-refractivity contribution in [2.45, 2.75) is 31.3 Å². The predicted octanol–water partition coefficient (Wildman–Crippen LogP) is 2.65. The highest BCUT2D eigenvalue weighted by molar-refractivity contribution is 7.98. The van der Waals surface area contributed by atoms with Gasteiger partial charge in [0.1, 0.15) is 0 Å². The van der Waals surface area contributed by atoms with Gasteiger partial charge in [0, 0.05) is 18.1 Å². The molecule has 2 aromatic rings. The first-order valence-electron chi connectivity index (χ1n) is 7.08. The normalized spacial score (nSPS) is 10.7. The van der Waals surface area contributed by atoms with Gasteiger partial charge in [-0.1, -0.05) is 31.2 Å². The lowest BCUT2D eigenvalue weighted by atomic mass is 10.0. The molecule has 0 saturated carbocycles. The van der Waals surface area contributed by atoms with E-state index in [2.05, 4.69) is 9.97 Å². The van der Waals surface area contributed by atoms with Crippen LogP contribution in [0, 0.1) is 10.1 Å². The highest BCUT2D eigenvalue weighted by atomic mass is 32.2. The quantitative estimate of drug-likeness (QED) is 0.363. The third-order valence-corrected chi connectivity index (χ3v) is 3.96. The predicted molar refractivity (Wildman–Crippen MR) is 88.2 cm³/mol. The number of aromatic hydroxyl groups is 1. The number of hydrogen-bond donors (Lipinski definition) is 2. The molecule has 2 N–H and O–H groups in total. The van der Waals surface area contributed by atoms with Gasteiger partial charge in [-0.3, -0.25) is 14.9 Å². The summed E-state index contributed by atoms with van der Waals surface area (Å²) in [7, 11) is 0. The van der Waals surface area contributed by atoms with Crippen molar-refractivity contribution in [1.82, 2.24) is 9.97 Å². The molecule has 23 heavy (non-hydrogen) atoms. The zero-order valence-electron chi connectivity index (χ0n) is 12.8. The fraction of sp³-hybridized carbons (Fsp3) is 0.333. The summed E-state index contributed by atoms with van der Waals surface area (Å²) in [5.74, 6) is -0.391. The number of nitrogens with one attached hydrogen (secondary N) is 1. The van der Waals surface area contributed by atoms with Gasteiger partial charge >= 0.3 is 5.69 Å². The van der Waals surface area contributed by atoms with Crippen LogP contribution in [0.25, 0.3) is 0 Å². The summed E-state index contributed by atoms with van der Waals surface area (Å²) in [4.78, 5) is 29.7. The van der Waals surface area contributed by atoms with Crippen molar-refractivity contribution in [3.63, 3.8) is 0 Å². The molecular weight excluding hydrogens is 318 g/mol. The smallest absolute Gasteiger partial charge is 0.310 e. The number of thioether (sulfide) groups is 1. The van der Waals surface area contributed by atoms with E-state index >= 15 is 0 Å². The molecule has 2 rings (SSSR count). The first kappa shape index (κ1) is 17.0. The molecule has 0 fully saturated rings. The van der Waals surface area contributed by atoms with E-state index in [1.165, 1.54) is 23.9 Å². The highest BCUT2D eigenvalue weighted by Crippen LogP contribution is 2.27. The average molecular weight is 335 g/mol. The lowest BCUT2D eigenvalue weighted by Crippen LogP contribution is -2.19. The second kappa shape index (κ2) is 7.28. The lowest BCUT2D eigenvalue weighted by Gasteiger charge is -2.09. The maximum absolute atomic E-state index is 12.3. The molecule has 0 spiro atoms. The van der Waals surface area contributed by atoms with Crippen LogP contribution < -0.4 is 5.56 Å². The number of nitro groups is 1. The molecule has 0 saturated heterocycles. The summed E-state index contributed by atoms with van der Waals surface area (Å²) in [5.41, 5.74) is 1.19. The van der Waals surface area contributed by atoms with Gasteiger partial charge in [0.2, 0.25) is 0 Å². The average Bonchev–Trinajstić information content (AvgIpc) is 2.51. The largest absolute Gasteiger partial charge is 0.502 e. The Balaban J connectivity index is 2.45. The van der Waals surface area contributed by atoms with Crippen LogP contribution in [-0.2, 0) is 12.8 Å². The fourth-order valence-electron chi connectivity index (χ4n) is 2.27. The van der Waals surface area contributed by atoms with Crippen molar-refractivity contribution in [3.05, 3.63) is 55.5 Å². The molecule has 122 valence electrons. The zero-order valence-corrected chi connectivity index (χ0v) is 13.6. The van der Waals surface area contributed by atoms with Gasteiger partial charge in [-0.2, -0.15) is 0 Å². The van der Waals surface area contributed by atoms with Crippen LogP contribution in [0.3, 0.4) is 0 Å². The molecule has 0 unspecified atom stereocenters. The Bertz CT molecular complexity index is 789. The van der Waals surface area contributed by atoms with Gasteiger partial charge in [-0.15, -0.1) is 0 Å². The van der Waals surface area contributed by atoms with Gasteiger partial charge in [-0.05, 0) is 24.3 Å². The third kappa shape index (κ3) is 3.89. The second-order valence-corrected chi connectivity index (χ2v) is 5.80. The number of phenols is 1. The SMILES string of the molecule is CCCc1nc(SC)[nH]c(=O)c1Cc1ccc(O)c([N+](=O)[O-])c1. The Kier molecular flexibility index (Phi) is 5.38. The van der Waals surface area contributed by atoms with E-state index in [4.69, 9.17) is 0 Å². The van der Waals surface area contributed by atoms with E-state index in [1.54, 1.807) is 6.07 Å². The molecule has 0 aliphatic rings. The summed E-state index contributed by atoms with van der Waals surface area (Å²) in [6.07, 6.45) is 3.56. The van der Waals surface area contributed by atoms with Crippen LogP contribution in [0.2, 0.25) is 0 Å². The maximum Gasteiger partial charge on any atom is 0.310 e. The van der Waals surface area contributed by atoms with E-state index in [1.807, 2.05) is 13.2 Å². The molecule has 0 aliphatic heterocycles. The van der Waals surface area contributed by atoms with Crippen molar-refractivity contribution in [3.8, 4) is 5.75 Å². The van der Waals surface area contributed by atoms with Crippen LogP contribution in [0.15, 0.2) is 28.2 Å². The van der Waals surface area contributed by atoms with Crippen molar-refractivity contribution in [2.24, 2.45) is 0 Å². The van der Waals surface area contributed by atoms with E-state index in [0.29, 0.717) is 28.4 Å². The minimum absolute atomic E-state index is 0.230. The lowest BCUT2D eigenvalue weighted by molar-refractivity contribution is -0.385. The summed E-state index contributed by atoms with van der Waals surface area (Å²) in [6.45, 7) is 2.00. The van der Waals surface area contributed by atoms with Gasteiger partial charge in [0.15, 0.2) is 10.9 Å². The van der Waals surface area contributed by atoms with Crippen LogP contribution >= 0.6 is 11.8 Å². The number of aromatic amines is 1. The van der Waals surface area contributed by atoms with Gasteiger partial charge in [0.25, 0.3) is 5.56 Å². The number of hydrogen-bond acceptors (Lipinski definition) is 6. The van der Waals surface area contributed by atoms with Crippen molar-refractivity contribution in [1.29, 1.82) is 0 Å². The summed E-state index contributed by atoms with van der Waals surface area (Å²) >= 11 is 1.36. The molecule has 0 aliphatic carbocycles. The number of H-pyrrole nitrogens is 1. The van der Waals surface area contributed by atoms with Crippen molar-refractivity contribution < 1.29 is 10.0 Å². The number of phenolic OH excluding ortho intramolecular Hbond substituents is 1. The molecule has 1 heterocycles. The Morgan fingerprint density at radius 3 is 2.78 bits per heavy atom. The van der Waals surface area contributed by atoms with Crippen molar-refractivity contribution >= 4 is 17.4 Å². The first-order chi connectivity index (χ1) is 11.0. The summed E-state index contributed by atoms with van der Waals surface area (Å²) < 4.78 is 0. The second-order valence-electron chi connectivity index (χ2n) is 5.01. The van der Waals surface area contributed by atoms with Gasteiger partial charge in [-0.25, -0.2) is 4.98 Å². The monoisotopic (exact) mass is 335 g/mol. The van der Waals surface area contributed by atoms with E-state index < -0.39 is 10.7 Å². The Labute approximate surface area is 136 Å². The molecule has 0 amide bonds. The topological polar surface area (TPSA) is 109 Å².